The minimum absolute atomic E-state index is 0.118. The number of carbonyl (C=O) groups is 1. The SMILES string of the molecule is CC[C@H](Oc1ccccc1C)C(=O)Nc1ccc(CN(CC)CC)cc1. The number of ether oxygens (including phenoxy) is 1. The summed E-state index contributed by atoms with van der Waals surface area (Å²) in [5, 5.41) is 2.96. The number of hydrogen-bond donors (Lipinski definition) is 1. The normalized spacial score (nSPS) is 12.0. The Hall–Kier alpha value is -2.33. The van der Waals surface area contributed by atoms with Crippen LogP contribution in [-0.4, -0.2) is 30.0 Å². The molecule has 0 spiro atoms. The van der Waals surface area contributed by atoms with Gasteiger partial charge >= 0.3 is 0 Å². The summed E-state index contributed by atoms with van der Waals surface area (Å²) >= 11 is 0. The zero-order chi connectivity index (χ0) is 18.9. The number of amides is 1. The van der Waals surface area contributed by atoms with E-state index in [1.807, 2.05) is 50.2 Å². The molecule has 0 aliphatic carbocycles. The van der Waals surface area contributed by atoms with Crippen molar-refractivity contribution < 1.29 is 9.53 Å². The minimum atomic E-state index is -0.508. The fraction of sp³-hybridized carbons (Fsp3) is 0.409. The number of nitrogens with zero attached hydrogens (tertiary/aromatic N) is 1. The molecular formula is C22H30N2O2. The maximum Gasteiger partial charge on any atom is 0.265 e. The number of anilines is 1. The van der Waals surface area contributed by atoms with E-state index in [-0.39, 0.29) is 5.91 Å². The molecule has 140 valence electrons. The number of hydrogen-bond acceptors (Lipinski definition) is 3. The first-order chi connectivity index (χ1) is 12.6. The Morgan fingerprint density at radius 3 is 2.27 bits per heavy atom. The van der Waals surface area contributed by atoms with Gasteiger partial charge in [0.1, 0.15) is 5.75 Å². The zero-order valence-electron chi connectivity index (χ0n) is 16.3. The summed E-state index contributed by atoms with van der Waals surface area (Å²) in [4.78, 5) is 14.9. The standard InChI is InChI=1S/C22H30N2O2/c1-5-20(26-21-11-9-8-10-17(21)4)22(25)23-19-14-12-18(13-15-19)16-24(6-2)7-3/h8-15,20H,5-7,16H2,1-4H3,(H,23,25)/t20-/m0/s1. The molecule has 0 radical (unpaired) electrons. The Balaban J connectivity index is 1.98. The summed E-state index contributed by atoms with van der Waals surface area (Å²) in [7, 11) is 0. The van der Waals surface area contributed by atoms with Crippen molar-refractivity contribution in [2.45, 2.75) is 46.8 Å². The number of nitrogens with one attached hydrogen (secondary N) is 1. The van der Waals surface area contributed by atoms with E-state index in [0.717, 1.165) is 36.6 Å². The number of carbonyl (C=O) groups excluding carboxylic acids is 1. The van der Waals surface area contributed by atoms with Crippen LogP contribution in [0.1, 0.15) is 38.3 Å². The van der Waals surface area contributed by atoms with Gasteiger partial charge in [-0.2, -0.15) is 0 Å². The van der Waals surface area contributed by atoms with Crippen molar-refractivity contribution in [3.05, 3.63) is 59.7 Å². The summed E-state index contributed by atoms with van der Waals surface area (Å²) in [5.41, 5.74) is 3.07. The van der Waals surface area contributed by atoms with Gasteiger partial charge in [-0.15, -0.1) is 0 Å². The summed E-state index contributed by atoms with van der Waals surface area (Å²) in [6.07, 6.45) is 0.103. The molecule has 0 fully saturated rings. The van der Waals surface area contributed by atoms with Gasteiger partial charge in [0.05, 0.1) is 0 Å². The molecule has 0 unspecified atom stereocenters. The Bertz CT molecular complexity index is 694. The highest BCUT2D eigenvalue weighted by Gasteiger charge is 2.19. The summed E-state index contributed by atoms with van der Waals surface area (Å²) in [6.45, 7) is 11.3. The second kappa shape index (κ2) is 9.97. The van der Waals surface area contributed by atoms with E-state index in [2.05, 4.69) is 36.2 Å². The quantitative estimate of drug-likeness (QED) is 0.714. The predicted octanol–water partition coefficient (Wildman–Crippen LogP) is 4.63. The van der Waals surface area contributed by atoms with Crippen molar-refractivity contribution in [2.75, 3.05) is 18.4 Å². The van der Waals surface area contributed by atoms with Gasteiger partial charge < -0.3 is 10.1 Å². The summed E-state index contributed by atoms with van der Waals surface area (Å²) in [6, 6.07) is 15.8. The van der Waals surface area contributed by atoms with E-state index in [9.17, 15) is 4.79 Å². The molecule has 0 aromatic heterocycles. The molecule has 0 saturated heterocycles. The van der Waals surface area contributed by atoms with Gasteiger partial charge in [0, 0.05) is 12.2 Å². The van der Waals surface area contributed by atoms with E-state index in [0.29, 0.717) is 6.42 Å². The van der Waals surface area contributed by atoms with Crippen LogP contribution >= 0.6 is 0 Å². The lowest BCUT2D eigenvalue weighted by molar-refractivity contribution is -0.122. The van der Waals surface area contributed by atoms with Crippen molar-refractivity contribution in [3.8, 4) is 5.75 Å². The zero-order valence-corrected chi connectivity index (χ0v) is 16.3. The van der Waals surface area contributed by atoms with Crippen molar-refractivity contribution in [1.82, 2.24) is 4.90 Å². The Labute approximate surface area is 157 Å². The number of aryl methyl sites for hydroxylation is 1. The summed E-state index contributed by atoms with van der Waals surface area (Å²) < 4.78 is 5.92. The first-order valence-electron chi connectivity index (χ1n) is 9.41. The van der Waals surface area contributed by atoms with Crippen LogP contribution in [0.2, 0.25) is 0 Å². The van der Waals surface area contributed by atoms with Gasteiger partial charge in [0.15, 0.2) is 6.10 Å². The Morgan fingerprint density at radius 1 is 1.04 bits per heavy atom. The monoisotopic (exact) mass is 354 g/mol. The molecule has 0 heterocycles. The highest BCUT2D eigenvalue weighted by molar-refractivity contribution is 5.94. The average Bonchev–Trinajstić information content (AvgIpc) is 2.66. The van der Waals surface area contributed by atoms with Crippen molar-refractivity contribution in [1.29, 1.82) is 0 Å². The van der Waals surface area contributed by atoms with E-state index in [1.54, 1.807) is 0 Å². The van der Waals surface area contributed by atoms with E-state index in [4.69, 9.17) is 4.74 Å². The van der Waals surface area contributed by atoms with Crippen LogP contribution in [0.3, 0.4) is 0 Å². The molecule has 2 aromatic carbocycles. The molecule has 1 N–H and O–H groups in total. The molecule has 0 saturated carbocycles. The van der Waals surface area contributed by atoms with Crippen LogP contribution in [0, 0.1) is 6.92 Å². The van der Waals surface area contributed by atoms with E-state index in [1.165, 1.54) is 5.56 Å². The Morgan fingerprint density at radius 2 is 1.69 bits per heavy atom. The van der Waals surface area contributed by atoms with Crippen molar-refractivity contribution in [3.63, 3.8) is 0 Å². The smallest absolute Gasteiger partial charge is 0.265 e. The lowest BCUT2D eigenvalue weighted by Crippen LogP contribution is -2.32. The van der Waals surface area contributed by atoms with Gasteiger partial charge in [-0.1, -0.05) is 51.1 Å². The van der Waals surface area contributed by atoms with Crippen LogP contribution in [0.15, 0.2) is 48.5 Å². The van der Waals surface area contributed by atoms with Gasteiger partial charge in [0.2, 0.25) is 0 Å². The first kappa shape index (κ1) is 20.0. The lowest BCUT2D eigenvalue weighted by atomic mass is 10.1. The molecule has 0 bridgehead atoms. The van der Waals surface area contributed by atoms with Crippen LogP contribution < -0.4 is 10.1 Å². The Kier molecular flexibility index (Phi) is 7.67. The average molecular weight is 354 g/mol. The van der Waals surface area contributed by atoms with Gasteiger partial charge in [-0.25, -0.2) is 0 Å². The van der Waals surface area contributed by atoms with E-state index < -0.39 is 6.10 Å². The van der Waals surface area contributed by atoms with Crippen LogP contribution in [0.5, 0.6) is 5.75 Å². The molecule has 0 aliphatic rings. The molecule has 2 aromatic rings. The predicted molar refractivity (Wildman–Crippen MR) is 108 cm³/mol. The third kappa shape index (κ3) is 5.60. The van der Waals surface area contributed by atoms with Crippen molar-refractivity contribution in [2.24, 2.45) is 0 Å². The maximum absolute atomic E-state index is 12.6. The molecular weight excluding hydrogens is 324 g/mol. The maximum atomic E-state index is 12.6. The third-order valence-electron chi connectivity index (χ3n) is 4.55. The number of benzene rings is 2. The molecule has 4 heteroatoms. The highest BCUT2D eigenvalue weighted by Crippen LogP contribution is 2.20. The molecule has 26 heavy (non-hydrogen) atoms. The molecule has 0 aliphatic heterocycles. The fourth-order valence-corrected chi connectivity index (χ4v) is 2.79. The highest BCUT2D eigenvalue weighted by atomic mass is 16.5. The second-order valence-electron chi connectivity index (χ2n) is 6.43. The molecule has 1 atom stereocenters. The number of rotatable bonds is 9. The van der Waals surface area contributed by atoms with Gasteiger partial charge in [0.25, 0.3) is 5.91 Å². The minimum Gasteiger partial charge on any atom is -0.480 e. The lowest BCUT2D eigenvalue weighted by Gasteiger charge is -2.19. The fourth-order valence-electron chi connectivity index (χ4n) is 2.79. The van der Waals surface area contributed by atoms with Crippen LogP contribution in [0.25, 0.3) is 0 Å². The topological polar surface area (TPSA) is 41.6 Å². The van der Waals surface area contributed by atoms with E-state index >= 15 is 0 Å². The largest absolute Gasteiger partial charge is 0.480 e. The first-order valence-corrected chi connectivity index (χ1v) is 9.41. The second-order valence-corrected chi connectivity index (χ2v) is 6.43. The molecule has 1 amide bonds. The molecule has 2 rings (SSSR count). The number of para-hydroxylation sites is 1. The van der Waals surface area contributed by atoms with Crippen LogP contribution in [-0.2, 0) is 11.3 Å². The summed E-state index contributed by atoms with van der Waals surface area (Å²) in [5.74, 6) is 0.635. The van der Waals surface area contributed by atoms with Crippen LogP contribution in [0.4, 0.5) is 5.69 Å². The van der Waals surface area contributed by atoms with Gasteiger partial charge in [-0.05, 0) is 55.8 Å². The van der Waals surface area contributed by atoms with Gasteiger partial charge in [-0.3, -0.25) is 9.69 Å². The molecule has 4 nitrogen and oxygen atoms in total. The van der Waals surface area contributed by atoms with Crippen molar-refractivity contribution >= 4 is 11.6 Å². The third-order valence-corrected chi connectivity index (χ3v) is 4.55.